The number of ether oxygens (including phenoxy) is 1. The van der Waals surface area contributed by atoms with Crippen molar-refractivity contribution in [2.75, 3.05) is 12.4 Å². The SMILES string of the molecule is COC(=O)CCc1c(C(=O)c2ccc(Cl)cc2)oc2ccc(NC(C)=O)cc12. The van der Waals surface area contributed by atoms with E-state index in [9.17, 15) is 14.4 Å². The minimum absolute atomic E-state index is 0.0936. The van der Waals surface area contributed by atoms with Gasteiger partial charge in [0, 0.05) is 40.6 Å². The summed E-state index contributed by atoms with van der Waals surface area (Å²) in [6, 6.07) is 11.6. The van der Waals surface area contributed by atoms with Crippen molar-refractivity contribution in [3.05, 3.63) is 64.4 Å². The molecule has 0 spiro atoms. The van der Waals surface area contributed by atoms with E-state index in [1.807, 2.05) is 0 Å². The molecule has 0 saturated heterocycles. The van der Waals surface area contributed by atoms with Crippen molar-refractivity contribution in [2.24, 2.45) is 0 Å². The number of fused-ring (bicyclic) bond motifs is 1. The predicted octanol–water partition coefficient (Wildman–Crippen LogP) is 4.38. The number of nitrogens with one attached hydrogen (secondary N) is 1. The number of hydrogen-bond donors (Lipinski definition) is 1. The Morgan fingerprint density at radius 3 is 2.46 bits per heavy atom. The molecular weight excluding hydrogens is 382 g/mol. The Morgan fingerprint density at radius 2 is 1.82 bits per heavy atom. The summed E-state index contributed by atoms with van der Waals surface area (Å²) in [5.74, 6) is -0.760. The zero-order chi connectivity index (χ0) is 20.3. The molecule has 7 heteroatoms. The Hall–Kier alpha value is -3.12. The Labute approximate surface area is 166 Å². The number of anilines is 1. The fourth-order valence-electron chi connectivity index (χ4n) is 2.92. The van der Waals surface area contributed by atoms with E-state index in [-0.39, 0.29) is 30.3 Å². The predicted molar refractivity (Wildman–Crippen MR) is 106 cm³/mol. The van der Waals surface area contributed by atoms with Crippen LogP contribution in [-0.4, -0.2) is 24.8 Å². The minimum Gasteiger partial charge on any atom is -0.469 e. The van der Waals surface area contributed by atoms with Gasteiger partial charge in [0.05, 0.1) is 7.11 Å². The minimum atomic E-state index is -0.391. The third kappa shape index (κ3) is 4.23. The van der Waals surface area contributed by atoms with Crippen LogP contribution in [0.1, 0.15) is 35.0 Å². The van der Waals surface area contributed by atoms with Crippen LogP contribution in [0.2, 0.25) is 5.02 Å². The normalized spacial score (nSPS) is 10.7. The van der Waals surface area contributed by atoms with Crippen LogP contribution in [0.5, 0.6) is 0 Å². The van der Waals surface area contributed by atoms with Crippen molar-refractivity contribution < 1.29 is 23.5 Å². The van der Waals surface area contributed by atoms with Gasteiger partial charge in [0.25, 0.3) is 0 Å². The van der Waals surface area contributed by atoms with E-state index in [2.05, 4.69) is 5.32 Å². The molecule has 0 atom stereocenters. The van der Waals surface area contributed by atoms with Crippen molar-refractivity contribution >= 4 is 45.9 Å². The molecule has 0 unspecified atom stereocenters. The topological polar surface area (TPSA) is 85.6 Å². The van der Waals surface area contributed by atoms with E-state index in [0.29, 0.717) is 32.8 Å². The largest absolute Gasteiger partial charge is 0.469 e. The van der Waals surface area contributed by atoms with Crippen molar-refractivity contribution in [2.45, 2.75) is 19.8 Å². The number of esters is 1. The number of methoxy groups -OCH3 is 1. The van der Waals surface area contributed by atoms with Crippen molar-refractivity contribution in [3.8, 4) is 0 Å². The fourth-order valence-corrected chi connectivity index (χ4v) is 3.05. The third-order valence-electron chi connectivity index (χ3n) is 4.23. The van der Waals surface area contributed by atoms with Gasteiger partial charge < -0.3 is 14.5 Å². The van der Waals surface area contributed by atoms with E-state index in [1.54, 1.807) is 42.5 Å². The number of carbonyl (C=O) groups excluding carboxylic acids is 3. The highest BCUT2D eigenvalue weighted by Crippen LogP contribution is 2.31. The molecule has 0 saturated carbocycles. The summed E-state index contributed by atoms with van der Waals surface area (Å²) in [6.45, 7) is 1.41. The van der Waals surface area contributed by atoms with E-state index >= 15 is 0 Å². The van der Waals surface area contributed by atoms with Crippen LogP contribution >= 0.6 is 11.6 Å². The first-order chi connectivity index (χ1) is 13.4. The molecule has 144 valence electrons. The molecule has 3 rings (SSSR count). The van der Waals surface area contributed by atoms with Crippen LogP contribution in [0.25, 0.3) is 11.0 Å². The average Bonchev–Trinajstić information content (AvgIpc) is 3.03. The number of benzene rings is 2. The number of aryl methyl sites for hydroxylation is 1. The van der Waals surface area contributed by atoms with Gasteiger partial charge in [-0.25, -0.2) is 0 Å². The highest BCUT2D eigenvalue weighted by atomic mass is 35.5. The Kier molecular flexibility index (Phi) is 5.80. The van der Waals surface area contributed by atoms with Crippen LogP contribution in [0.3, 0.4) is 0 Å². The van der Waals surface area contributed by atoms with Crippen LogP contribution in [0.4, 0.5) is 5.69 Å². The summed E-state index contributed by atoms with van der Waals surface area (Å²) in [5.41, 5.74) is 2.08. The second-order valence-corrected chi connectivity index (χ2v) is 6.65. The number of hydrogen-bond acceptors (Lipinski definition) is 5. The van der Waals surface area contributed by atoms with Crippen molar-refractivity contribution in [1.29, 1.82) is 0 Å². The molecule has 1 N–H and O–H groups in total. The Bertz CT molecular complexity index is 1050. The van der Waals surface area contributed by atoms with Gasteiger partial charge >= 0.3 is 5.97 Å². The highest BCUT2D eigenvalue weighted by Gasteiger charge is 2.23. The summed E-state index contributed by atoms with van der Waals surface area (Å²) < 4.78 is 10.5. The van der Waals surface area contributed by atoms with E-state index in [4.69, 9.17) is 20.8 Å². The van der Waals surface area contributed by atoms with E-state index < -0.39 is 5.97 Å². The Balaban J connectivity index is 2.08. The average molecular weight is 400 g/mol. The number of amides is 1. The first-order valence-corrected chi connectivity index (χ1v) is 8.97. The molecule has 0 aliphatic heterocycles. The second kappa shape index (κ2) is 8.27. The lowest BCUT2D eigenvalue weighted by Crippen LogP contribution is -2.07. The summed E-state index contributed by atoms with van der Waals surface area (Å²) >= 11 is 5.90. The molecule has 1 amide bonds. The molecule has 1 aromatic heterocycles. The van der Waals surface area contributed by atoms with Crippen LogP contribution in [0, 0.1) is 0 Å². The van der Waals surface area contributed by atoms with Gasteiger partial charge in [0.1, 0.15) is 5.58 Å². The lowest BCUT2D eigenvalue weighted by molar-refractivity contribution is -0.140. The van der Waals surface area contributed by atoms with Crippen molar-refractivity contribution in [3.63, 3.8) is 0 Å². The first kappa shape index (κ1) is 19.6. The van der Waals surface area contributed by atoms with Gasteiger partial charge in [0.15, 0.2) is 5.76 Å². The maximum atomic E-state index is 13.0. The molecule has 0 aliphatic rings. The smallest absolute Gasteiger partial charge is 0.305 e. The van der Waals surface area contributed by atoms with Gasteiger partial charge in [-0.1, -0.05) is 11.6 Å². The number of furan rings is 1. The maximum Gasteiger partial charge on any atom is 0.305 e. The molecule has 28 heavy (non-hydrogen) atoms. The number of rotatable bonds is 6. The Morgan fingerprint density at radius 1 is 1.11 bits per heavy atom. The molecule has 0 fully saturated rings. The monoisotopic (exact) mass is 399 g/mol. The standard InChI is InChI=1S/C21H18ClNO5/c1-12(24)23-15-7-9-18-17(11-15)16(8-10-19(25)27-2)21(28-18)20(26)13-3-5-14(22)6-4-13/h3-7,9,11H,8,10H2,1-2H3,(H,23,24). The van der Waals surface area contributed by atoms with Gasteiger partial charge in [-0.15, -0.1) is 0 Å². The fraction of sp³-hybridized carbons (Fsp3) is 0.190. The molecule has 6 nitrogen and oxygen atoms in total. The van der Waals surface area contributed by atoms with Gasteiger partial charge in [-0.2, -0.15) is 0 Å². The summed E-state index contributed by atoms with van der Waals surface area (Å²) in [4.78, 5) is 36.0. The second-order valence-electron chi connectivity index (χ2n) is 6.21. The number of halogens is 1. The molecule has 0 radical (unpaired) electrons. The molecule has 3 aromatic rings. The molecule has 2 aromatic carbocycles. The van der Waals surface area contributed by atoms with Gasteiger partial charge in [-0.05, 0) is 48.9 Å². The lowest BCUT2D eigenvalue weighted by Gasteiger charge is -2.04. The van der Waals surface area contributed by atoms with Crippen LogP contribution in [-0.2, 0) is 20.7 Å². The van der Waals surface area contributed by atoms with Crippen LogP contribution in [0.15, 0.2) is 46.9 Å². The third-order valence-corrected chi connectivity index (χ3v) is 4.48. The van der Waals surface area contributed by atoms with E-state index in [0.717, 1.165) is 0 Å². The highest BCUT2D eigenvalue weighted by molar-refractivity contribution is 6.30. The number of carbonyl (C=O) groups is 3. The molecule has 0 aliphatic carbocycles. The quantitative estimate of drug-likeness (QED) is 0.491. The molecular formula is C21H18ClNO5. The lowest BCUT2D eigenvalue weighted by atomic mass is 10.00. The van der Waals surface area contributed by atoms with Crippen LogP contribution < -0.4 is 5.32 Å². The molecule has 0 bridgehead atoms. The first-order valence-electron chi connectivity index (χ1n) is 8.59. The maximum absolute atomic E-state index is 13.0. The number of ketones is 1. The summed E-state index contributed by atoms with van der Waals surface area (Å²) in [6.07, 6.45) is 0.355. The summed E-state index contributed by atoms with van der Waals surface area (Å²) in [7, 11) is 1.31. The summed E-state index contributed by atoms with van der Waals surface area (Å²) in [5, 5.41) is 3.88. The zero-order valence-electron chi connectivity index (χ0n) is 15.4. The van der Waals surface area contributed by atoms with Crippen molar-refractivity contribution in [1.82, 2.24) is 0 Å². The zero-order valence-corrected chi connectivity index (χ0v) is 16.1. The van der Waals surface area contributed by atoms with E-state index in [1.165, 1.54) is 14.0 Å². The molecule has 1 heterocycles. The van der Waals surface area contributed by atoms with Gasteiger partial charge in [0.2, 0.25) is 11.7 Å². The van der Waals surface area contributed by atoms with Gasteiger partial charge in [-0.3, -0.25) is 14.4 Å².